The molecule has 3 aromatic heterocycles. The highest BCUT2D eigenvalue weighted by atomic mass is 32.2. The molecule has 0 saturated heterocycles. The third kappa shape index (κ3) is 3.19. The summed E-state index contributed by atoms with van der Waals surface area (Å²) in [6, 6.07) is 16.2. The molecule has 0 bridgehead atoms. The van der Waals surface area contributed by atoms with Crippen LogP contribution in [0.3, 0.4) is 0 Å². The maximum absolute atomic E-state index is 14.4. The molecule has 1 aliphatic rings. The SMILES string of the molecule is O=c1[nH]c(Sc2nnc(-c3ccccc3F)n2C2CC2)nc2c1cnn2-c1ccccc1. The van der Waals surface area contributed by atoms with E-state index in [1.54, 1.807) is 22.9 Å². The lowest BCUT2D eigenvalue weighted by atomic mass is 10.2. The molecule has 0 amide bonds. The summed E-state index contributed by atoms with van der Waals surface area (Å²) >= 11 is 1.20. The molecule has 0 unspecified atom stereocenters. The van der Waals surface area contributed by atoms with Gasteiger partial charge in [-0.2, -0.15) is 5.10 Å². The molecule has 0 radical (unpaired) electrons. The van der Waals surface area contributed by atoms with Crippen LogP contribution in [0.4, 0.5) is 4.39 Å². The first-order valence-corrected chi connectivity index (χ1v) is 10.9. The van der Waals surface area contributed by atoms with Crippen molar-refractivity contribution >= 4 is 22.8 Å². The third-order valence-electron chi connectivity index (χ3n) is 5.30. The highest BCUT2D eigenvalue weighted by Crippen LogP contribution is 2.42. The Hall–Kier alpha value is -3.79. The number of halogens is 1. The van der Waals surface area contributed by atoms with E-state index < -0.39 is 0 Å². The molecule has 1 saturated carbocycles. The molecule has 2 aromatic carbocycles. The van der Waals surface area contributed by atoms with E-state index in [9.17, 15) is 9.18 Å². The van der Waals surface area contributed by atoms with Gasteiger partial charge in [0.1, 0.15) is 11.2 Å². The molecule has 158 valence electrons. The normalized spacial score (nSPS) is 13.7. The molecule has 8 nitrogen and oxygen atoms in total. The van der Waals surface area contributed by atoms with Crippen LogP contribution >= 0.6 is 11.8 Å². The van der Waals surface area contributed by atoms with Gasteiger partial charge in [-0.1, -0.05) is 30.3 Å². The number of rotatable bonds is 5. The Morgan fingerprint density at radius 2 is 1.81 bits per heavy atom. The molecule has 6 rings (SSSR count). The van der Waals surface area contributed by atoms with Crippen molar-refractivity contribution in [3.63, 3.8) is 0 Å². The van der Waals surface area contributed by atoms with Crippen LogP contribution in [0.1, 0.15) is 18.9 Å². The minimum absolute atomic E-state index is 0.201. The Balaban J connectivity index is 1.44. The van der Waals surface area contributed by atoms with Gasteiger partial charge < -0.3 is 4.98 Å². The van der Waals surface area contributed by atoms with Gasteiger partial charge in [0.2, 0.25) is 0 Å². The number of hydrogen-bond acceptors (Lipinski definition) is 6. The maximum Gasteiger partial charge on any atom is 0.262 e. The van der Waals surface area contributed by atoms with Gasteiger partial charge in [0.05, 0.1) is 17.4 Å². The monoisotopic (exact) mass is 445 g/mol. The van der Waals surface area contributed by atoms with E-state index in [0.717, 1.165) is 18.5 Å². The van der Waals surface area contributed by atoms with E-state index in [2.05, 4.69) is 25.3 Å². The number of nitrogens with one attached hydrogen (secondary N) is 1. The Kier molecular flexibility index (Phi) is 4.39. The first kappa shape index (κ1) is 18.9. The first-order valence-electron chi connectivity index (χ1n) is 10.1. The number of H-pyrrole nitrogens is 1. The zero-order chi connectivity index (χ0) is 21.7. The molecule has 0 spiro atoms. The number of aromatic nitrogens is 7. The van der Waals surface area contributed by atoms with E-state index in [-0.39, 0.29) is 17.4 Å². The molecular formula is C22H16FN7OS. The second kappa shape index (κ2) is 7.41. The number of para-hydroxylation sites is 1. The van der Waals surface area contributed by atoms with E-state index in [1.165, 1.54) is 24.0 Å². The fourth-order valence-corrected chi connectivity index (χ4v) is 4.49. The van der Waals surface area contributed by atoms with Gasteiger partial charge in [-0.25, -0.2) is 14.1 Å². The van der Waals surface area contributed by atoms with Crippen LogP contribution in [0.2, 0.25) is 0 Å². The molecule has 1 aliphatic carbocycles. The molecule has 10 heteroatoms. The third-order valence-corrected chi connectivity index (χ3v) is 6.14. The molecular weight excluding hydrogens is 429 g/mol. The number of fused-ring (bicyclic) bond motifs is 1. The lowest BCUT2D eigenvalue weighted by Crippen LogP contribution is -2.10. The predicted molar refractivity (Wildman–Crippen MR) is 117 cm³/mol. The predicted octanol–water partition coefficient (Wildman–Crippen LogP) is 3.99. The number of nitrogens with zero attached hydrogens (tertiary/aromatic N) is 6. The van der Waals surface area contributed by atoms with Crippen molar-refractivity contribution in [2.45, 2.75) is 29.2 Å². The highest BCUT2D eigenvalue weighted by molar-refractivity contribution is 7.99. The van der Waals surface area contributed by atoms with Gasteiger partial charge >= 0.3 is 0 Å². The van der Waals surface area contributed by atoms with Crippen molar-refractivity contribution in [3.05, 3.63) is 77.0 Å². The summed E-state index contributed by atoms with van der Waals surface area (Å²) in [4.78, 5) is 20.1. The smallest absolute Gasteiger partial charge is 0.262 e. The van der Waals surface area contributed by atoms with E-state index in [4.69, 9.17) is 0 Å². The van der Waals surface area contributed by atoms with Crippen molar-refractivity contribution in [1.29, 1.82) is 0 Å². The lowest BCUT2D eigenvalue weighted by molar-refractivity contribution is 0.622. The summed E-state index contributed by atoms with van der Waals surface area (Å²) in [5.74, 6) is 0.129. The Bertz CT molecular complexity index is 1500. The molecule has 5 aromatic rings. The molecule has 1 N–H and O–H groups in total. The second-order valence-corrected chi connectivity index (χ2v) is 8.45. The first-order chi connectivity index (χ1) is 15.7. The quantitative estimate of drug-likeness (QED) is 0.411. The average Bonchev–Trinajstić information content (AvgIpc) is 3.42. The second-order valence-electron chi connectivity index (χ2n) is 7.49. The highest BCUT2D eigenvalue weighted by Gasteiger charge is 2.31. The van der Waals surface area contributed by atoms with Gasteiger partial charge in [-0.15, -0.1) is 10.2 Å². The Morgan fingerprint density at radius 1 is 1.03 bits per heavy atom. The number of benzene rings is 2. The van der Waals surface area contributed by atoms with Gasteiger partial charge in [0.15, 0.2) is 21.8 Å². The summed E-state index contributed by atoms with van der Waals surface area (Å²) in [6.07, 6.45) is 3.44. The minimum atomic E-state index is -0.349. The van der Waals surface area contributed by atoms with Gasteiger partial charge in [0, 0.05) is 6.04 Å². The van der Waals surface area contributed by atoms with Crippen LogP contribution in [0.15, 0.2) is 75.9 Å². The van der Waals surface area contributed by atoms with Gasteiger partial charge in [0.25, 0.3) is 5.56 Å². The fraction of sp³-hybridized carbons (Fsp3) is 0.136. The van der Waals surface area contributed by atoms with Crippen LogP contribution in [0.5, 0.6) is 0 Å². The van der Waals surface area contributed by atoms with Crippen LogP contribution < -0.4 is 5.56 Å². The molecule has 3 heterocycles. The summed E-state index contributed by atoms with van der Waals surface area (Å²) < 4.78 is 18.0. The van der Waals surface area contributed by atoms with Crippen molar-refractivity contribution < 1.29 is 4.39 Å². The summed E-state index contributed by atoms with van der Waals surface area (Å²) in [7, 11) is 0. The van der Waals surface area contributed by atoms with Crippen molar-refractivity contribution in [2.75, 3.05) is 0 Å². The zero-order valence-corrected chi connectivity index (χ0v) is 17.5. The fourth-order valence-electron chi connectivity index (χ4n) is 3.63. The van der Waals surface area contributed by atoms with Crippen LogP contribution in [-0.4, -0.2) is 34.5 Å². The number of hydrogen-bond donors (Lipinski definition) is 1. The van der Waals surface area contributed by atoms with E-state index >= 15 is 0 Å². The van der Waals surface area contributed by atoms with E-state index in [0.29, 0.717) is 32.7 Å². The molecule has 0 atom stereocenters. The minimum Gasteiger partial charge on any atom is -0.300 e. The summed E-state index contributed by atoms with van der Waals surface area (Å²) in [5, 5.41) is 14.2. The summed E-state index contributed by atoms with van der Waals surface area (Å²) in [5.41, 5.74) is 1.37. The van der Waals surface area contributed by atoms with Crippen LogP contribution in [-0.2, 0) is 0 Å². The average molecular weight is 445 g/mol. The van der Waals surface area contributed by atoms with Crippen LogP contribution in [0.25, 0.3) is 28.1 Å². The van der Waals surface area contributed by atoms with Crippen molar-refractivity contribution in [3.8, 4) is 17.1 Å². The van der Waals surface area contributed by atoms with Gasteiger partial charge in [-0.05, 0) is 48.9 Å². The topological polar surface area (TPSA) is 94.3 Å². The summed E-state index contributed by atoms with van der Waals surface area (Å²) in [6.45, 7) is 0. The molecule has 1 fully saturated rings. The van der Waals surface area contributed by atoms with Crippen molar-refractivity contribution in [1.82, 2.24) is 34.5 Å². The lowest BCUT2D eigenvalue weighted by Gasteiger charge is -2.09. The molecule has 32 heavy (non-hydrogen) atoms. The standard InChI is InChI=1S/C22H16FN7OS/c23-17-9-5-4-8-15(17)19-27-28-22(29(19)13-10-11-13)32-21-25-18-16(20(31)26-21)12-24-30(18)14-6-2-1-3-7-14/h1-9,12-13H,10-11H2,(H,25,26,31). The zero-order valence-electron chi connectivity index (χ0n) is 16.6. The largest absolute Gasteiger partial charge is 0.300 e. The Labute approximate surface area is 185 Å². The van der Waals surface area contributed by atoms with Crippen LogP contribution in [0, 0.1) is 5.82 Å². The number of aromatic amines is 1. The van der Waals surface area contributed by atoms with E-state index in [1.807, 2.05) is 34.9 Å². The Morgan fingerprint density at radius 3 is 2.59 bits per heavy atom. The van der Waals surface area contributed by atoms with Gasteiger partial charge in [-0.3, -0.25) is 9.36 Å². The van der Waals surface area contributed by atoms with Crippen molar-refractivity contribution in [2.24, 2.45) is 0 Å². The molecule has 0 aliphatic heterocycles. The maximum atomic E-state index is 14.4.